The normalized spacial score (nSPS) is 14.1. The van der Waals surface area contributed by atoms with Crippen molar-refractivity contribution in [2.45, 2.75) is 19.8 Å². The molecule has 176 valence electrons. The van der Waals surface area contributed by atoms with Gasteiger partial charge >= 0.3 is 5.97 Å². The van der Waals surface area contributed by atoms with Gasteiger partial charge in [-0.1, -0.05) is 0 Å². The van der Waals surface area contributed by atoms with Gasteiger partial charge in [-0.25, -0.2) is 9.07 Å². The number of hydrogen-bond acceptors (Lipinski definition) is 6. The topological polar surface area (TPSA) is 108 Å². The van der Waals surface area contributed by atoms with Gasteiger partial charge in [0.15, 0.2) is 0 Å². The van der Waals surface area contributed by atoms with Gasteiger partial charge in [0.2, 0.25) is 0 Å². The number of carbonyl (C=O) groups excluding carboxylic acids is 2. The van der Waals surface area contributed by atoms with Crippen molar-refractivity contribution in [2.75, 3.05) is 19.7 Å². The van der Waals surface area contributed by atoms with E-state index in [0.717, 1.165) is 0 Å². The number of non-ortho nitro benzene ring substituents is 1. The molecule has 0 bridgehead atoms. The molecule has 0 aliphatic carbocycles. The van der Waals surface area contributed by atoms with Crippen molar-refractivity contribution in [2.24, 2.45) is 5.92 Å². The Hall–Kier alpha value is -4.08. The first-order chi connectivity index (χ1) is 16.4. The fourth-order valence-corrected chi connectivity index (χ4v) is 3.95. The maximum Gasteiger partial charge on any atom is 0.309 e. The molecule has 1 aliphatic heterocycles. The molecule has 0 radical (unpaired) electrons. The number of halogens is 1. The summed E-state index contributed by atoms with van der Waals surface area (Å²) in [5.41, 5.74) is 1.75. The van der Waals surface area contributed by atoms with Crippen molar-refractivity contribution in [1.82, 2.24) is 14.7 Å². The monoisotopic (exact) mass is 466 g/mol. The maximum atomic E-state index is 13.5. The lowest BCUT2D eigenvalue weighted by molar-refractivity contribution is -0.384. The molecule has 1 aliphatic rings. The van der Waals surface area contributed by atoms with E-state index in [1.807, 2.05) is 0 Å². The lowest BCUT2D eigenvalue weighted by Gasteiger charge is -2.30. The number of ether oxygens (including phenoxy) is 1. The second-order valence-electron chi connectivity index (χ2n) is 7.93. The van der Waals surface area contributed by atoms with Crippen molar-refractivity contribution in [1.29, 1.82) is 0 Å². The highest BCUT2D eigenvalue weighted by Crippen LogP contribution is 2.26. The molecule has 0 spiro atoms. The van der Waals surface area contributed by atoms with Gasteiger partial charge in [-0.15, -0.1) is 0 Å². The average molecular weight is 466 g/mol. The Kier molecular flexibility index (Phi) is 6.67. The molecule has 0 saturated carbocycles. The molecule has 9 nitrogen and oxygen atoms in total. The molecule has 1 aromatic heterocycles. The zero-order chi connectivity index (χ0) is 24.2. The number of aromatic nitrogens is 2. The minimum Gasteiger partial charge on any atom is -0.466 e. The van der Waals surface area contributed by atoms with E-state index in [4.69, 9.17) is 4.74 Å². The number of rotatable bonds is 6. The number of nitrogens with zero attached hydrogens (tertiary/aromatic N) is 4. The van der Waals surface area contributed by atoms with E-state index in [2.05, 4.69) is 5.10 Å². The van der Waals surface area contributed by atoms with E-state index in [0.29, 0.717) is 49.5 Å². The Balaban J connectivity index is 1.65. The quantitative estimate of drug-likeness (QED) is 0.309. The van der Waals surface area contributed by atoms with Crippen molar-refractivity contribution in [3.63, 3.8) is 0 Å². The van der Waals surface area contributed by atoms with Crippen molar-refractivity contribution >= 4 is 17.6 Å². The molecule has 10 heteroatoms. The minimum atomic E-state index is -0.503. The van der Waals surface area contributed by atoms with Crippen LogP contribution < -0.4 is 0 Å². The Morgan fingerprint density at radius 2 is 1.76 bits per heavy atom. The molecule has 0 unspecified atom stereocenters. The van der Waals surface area contributed by atoms with Gasteiger partial charge in [-0.2, -0.15) is 5.10 Å². The van der Waals surface area contributed by atoms with E-state index in [9.17, 15) is 24.1 Å². The Morgan fingerprint density at radius 3 is 2.35 bits per heavy atom. The van der Waals surface area contributed by atoms with Gasteiger partial charge in [0.1, 0.15) is 11.5 Å². The summed E-state index contributed by atoms with van der Waals surface area (Å²) in [6, 6.07) is 13.1. The highest BCUT2D eigenvalue weighted by Gasteiger charge is 2.30. The number of hydrogen-bond donors (Lipinski definition) is 0. The summed E-state index contributed by atoms with van der Waals surface area (Å²) in [7, 11) is 0. The van der Waals surface area contributed by atoms with Crippen LogP contribution in [-0.4, -0.2) is 51.2 Å². The Labute approximate surface area is 194 Å². The number of nitro groups is 1. The summed E-state index contributed by atoms with van der Waals surface area (Å²) in [5.74, 6) is -1.15. The SMILES string of the molecule is CCOC(=O)C1CCN(C(=O)c2cc(-c3ccc(F)cc3)nn2-c2ccc([N+](=O)[O-])cc2)CC1. The highest BCUT2D eigenvalue weighted by molar-refractivity contribution is 5.94. The van der Waals surface area contributed by atoms with Gasteiger partial charge in [0, 0.05) is 30.8 Å². The fourth-order valence-electron chi connectivity index (χ4n) is 3.95. The highest BCUT2D eigenvalue weighted by atomic mass is 19.1. The third-order valence-electron chi connectivity index (χ3n) is 5.78. The lowest BCUT2D eigenvalue weighted by atomic mass is 9.97. The summed E-state index contributed by atoms with van der Waals surface area (Å²) in [6.45, 7) is 2.85. The zero-order valence-electron chi connectivity index (χ0n) is 18.5. The van der Waals surface area contributed by atoms with Crippen LogP contribution in [-0.2, 0) is 9.53 Å². The molecule has 1 fully saturated rings. The molecule has 2 heterocycles. The predicted octanol–water partition coefficient (Wildman–Crippen LogP) is 4.00. The van der Waals surface area contributed by atoms with Crippen LogP contribution in [0.5, 0.6) is 0 Å². The third-order valence-corrected chi connectivity index (χ3v) is 5.78. The molecular formula is C24H23FN4O5. The molecule has 1 saturated heterocycles. The average Bonchev–Trinajstić information content (AvgIpc) is 3.30. The predicted molar refractivity (Wildman–Crippen MR) is 121 cm³/mol. The lowest BCUT2D eigenvalue weighted by Crippen LogP contribution is -2.41. The van der Waals surface area contributed by atoms with Gasteiger partial charge in [-0.05, 0) is 62.2 Å². The molecule has 3 aromatic rings. The van der Waals surface area contributed by atoms with Crippen LogP contribution in [0.2, 0.25) is 0 Å². The molecule has 0 N–H and O–H groups in total. The van der Waals surface area contributed by atoms with E-state index in [1.165, 1.54) is 41.1 Å². The number of esters is 1. The van der Waals surface area contributed by atoms with Crippen LogP contribution in [0.1, 0.15) is 30.3 Å². The van der Waals surface area contributed by atoms with Gasteiger partial charge in [0.25, 0.3) is 11.6 Å². The second-order valence-corrected chi connectivity index (χ2v) is 7.93. The molecule has 4 rings (SSSR count). The number of benzene rings is 2. The van der Waals surface area contributed by atoms with Crippen LogP contribution >= 0.6 is 0 Å². The van der Waals surface area contributed by atoms with Crippen molar-refractivity contribution < 1.29 is 23.6 Å². The largest absolute Gasteiger partial charge is 0.466 e. The van der Waals surface area contributed by atoms with Crippen molar-refractivity contribution in [3.05, 3.63) is 76.2 Å². The molecule has 2 aromatic carbocycles. The molecular weight excluding hydrogens is 443 g/mol. The standard InChI is InChI=1S/C24H23FN4O5/c1-2-34-24(31)17-11-13-27(14-12-17)23(30)22-15-21(16-3-5-18(25)6-4-16)26-28(22)19-7-9-20(10-8-19)29(32)33/h3-10,15,17H,2,11-14H2,1H3. The zero-order valence-corrected chi connectivity index (χ0v) is 18.5. The number of piperidine rings is 1. The smallest absolute Gasteiger partial charge is 0.309 e. The molecule has 34 heavy (non-hydrogen) atoms. The van der Waals surface area contributed by atoms with E-state index in [-0.39, 0.29) is 35.0 Å². The number of nitro benzene ring substituents is 1. The molecule has 1 amide bonds. The Bertz CT molecular complexity index is 1200. The first-order valence-corrected chi connectivity index (χ1v) is 10.9. The van der Waals surface area contributed by atoms with E-state index >= 15 is 0 Å². The van der Waals surface area contributed by atoms with Crippen LogP contribution in [0.25, 0.3) is 16.9 Å². The van der Waals surface area contributed by atoms with E-state index in [1.54, 1.807) is 30.0 Å². The first kappa shape index (κ1) is 23.1. The van der Waals surface area contributed by atoms with E-state index < -0.39 is 4.92 Å². The van der Waals surface area contributed by atoms with Crippen LogP contribution in [0.4, 0.5) is 10.1 Å². The number of carbonyl (C=O) groups is 2. The number of likely N-dealkylation sites (tertiary alicyclic amines) is 1. The maximum absolute atomic E-state index is 13.5. The summed E-state index contributed by atoms with van der Waals surface area (Å²) in [4.78, 5) is 37.7. The van der Waals surface area contributed by atoms with Gasteiger partial charge in [0.05, 0.1) is 28.8 Å². The summed E-state index contributed by atoms with van der Waals surface area (Å²) in [5, 5.41) is 15.6. The first-order valence-electron chi connectivity index (χ1n) is 10.9. The summed E-state index contributed by atoms with van der Waals surface area (Å²) in [6.07, 6.45) is 1.00. The van der Waals surface area contributed by atoms with Crippen LogP contribution in [0.3, 0.4) is 0 Å². The van der Waals surface area contributed by atoms with Gasteiger partial charge in [-0.3, -0.25) is 19.7 Å². The third kappa shape index (κ3) is 4.80. The summed E-state index contributed by atoms with van der Waals surface area (Å²) < 4.78 is 19.9. The summed E-state index contributed by atoms with van der Waals surface area (Å²) >= 11 is 0. The van der Waals surface area contributed by atoms with Crippen molar-refractivity contribution in [3.8, 4) is 16.9 Å². The fraction of sp³-hybridized carbons (Fsp3) is 0.292. The van der Waals surface area contributed by atoms with Gasteiger partial charge < -0.3 is 9.64 Å². The molecule has 0 atom stereocenters. The number of amides is 1. The minimum absolute atomic E-state index is 0.0800. The van der Waals surface area contributed by atoms with Crippen LogP contribution in [0, 0.1) is 21.8 Å². The van der Waals surface area contributed by atoms with Crippen LogP contribution in [0.15, 0.2) is 54.6 Å². The second kappa shape index (κ2) is 9.82. The Morgan fingerprint density at radius 1 is 1.12 bits per heavy atom.